The Morgan fingerprint density at radius 2 is 2.04 bits per heavy atom. The molecule has 2 N–H and O–H groups in total. The van der Waals surface area contributed by atoms with Crippen LogP contribution in [-0.2, 0) is 6.42 Å². The van der Waals surface area contributed by atoms with E-state index < -0.39 is 5.76 Å². The molecule has 4 aromatic rings. The third-order valence-corrected chi connectivity index (χ3v) is 4.84. The molecule has 26 heavy (non-hydrogen) atoms. The van der Waals surface area contributed by atoms with Gasteiger partial charge in [0.15, 0.2) is 5.58 Å². The summed E-state index contributed by atoms with van der Waals surface area (Å²) in [4.78, 5) is 30.5. The van der Waals surface area contributed by atoms with E-state index in [1.807, 2.05) is 29.6 Å². The molecule has 0 aliphatic rings. The Hall–Kier alpha value is -3.19. The number of fused-ring (bicyclic) bond motifs is 1. The van der Waals surface area contributed by atoms with Gasteiger partial charge in [-0.05, 0) is 24.3 Å². The lowest BCUT2D eigenvalue weighted by Crippen LogP contribution is -2.25. The largest absolute Gasteiger partial charge is 0.417 e. The molecule has 0 fully saturated rings. The smallest absolute Gasteiger partial charge is 0.408 e. The molecule has 0 spiro atoms. The molecular weight excluding hydrogens is 350 g/mol. The van der Waals surface area contributed by atoms with Gasteiger partial charge < -0.3 is 9.73 Å². The van der Waals surface area contributed by atoms with Crippen molar-refractivity contribution >= 4 is 28.3 Å². The molecule has 0 aliphatic carbocycles. The summed E-state index contributed by atoms with van der Waals surface area (Å²) >= 11 is 1.54. The van der Waals surface area contributed by atoms with E-state index in [1.165, 1.54) is 11.3 Å². The number of rotatable bonds is 5. The predicted octanol–water partition coefficient (Wildman–Crippen LogP) is 3.22. The summed E-state index contributed by atoms with van der Waals surface area (Å²) in [5, 5.41) is 5.79. The van der Waals surface area contributed by atoms with Gasteiger partial charge in [-0.25, -0.2) is 9.78 Å². The summed E-state index contributed by atoms with van der Waals surface area (Å²) in [5.41, 5.74) is 3.53. The van der Waals surface area contributed by atoms with Crippen LogP contribution in [-0.4, -0.2) is 22.4 Å². The number of aromatic amines is 1. The summed E-state index contributed by atoms with van der Waals surface area (Å²) in [7, 11) is 0. The maximum Gasteiger partial charge on any atom is 0.417 e. The van der Waals surface area contributed by atoms with Crippen LogP contribution >= 0.6 is 11.3 Å². The number of aromatic nitrogens is 2. The molecule has 6 nitrogen and oxygen atoms in total. The number of H-pyrrole nitrogens is 1. The number of hydrogen-bond donors (Lipinski definition) is 2. The third kappa shape index (κ3) is 3.43. The molecule has 4 rings (SSSR count). The Morgan fingerprint density at radius 3 is 2.88 bits per heavy atom. The molecule has 0 unspecified atom stereocenters. The summed E-state index contributed by atoms with van der Waals surface area (Å²) < 4.78 is 5.09. The van der Waals surface area contributed by atoms with Crippen LogP contribution in [0.5, 0.6) is 0 Å². The van der Waals surface area contributed by atoms with E-state index in [0.717, 1.165) is 16.3 Å². The maximum absolute atomic E-state index is 12.0. The number of oxazole rings is 1. The van der Waals surface area contributed by atoms with E-state index in [9.17, 15) is 9.59 Å². The number of amides is 1. The Morgan fingerprint density at radius 1 is 1.19 bits per heavy atom. The highest BCUT2D eigenvalue weighted by Gasteiger charge is 2.09. The number of carbonyl (C=O) groups is 1. The molecule has 1 amide bonds. The Kier molecular flexibility index (Phi) is 4.37. The SMILES string of the molecule is O=C(NCCc1nc(-c2ccc3[nH]c(=O)oc3c2)cs1)c1ccccc1. The van der Waals surface area contributed by atoms with Crippen LogP contribution in [0.1, 0.15) is 15.4 Å². The molecular formula is C19H15N3O3S. The van der Waals surface area contributed by atoms with Gasteiger partial charge in [-0.2, -0.15) is 0 Å². The van der Waals surface area contributed by atoms with Gasteiger partial charge in [0.1, 0.15) is 0 Å². The highest BCUT2D eigenvalue weighted by atomic mass is 32.1. The van der Waals surface area contributed by atoms with Crippen LogP contribution in [0.2, 0.25) is 0 Å². The number of carbonyl (C=O) groups excluding carboxylic acids is 1. The second-order valence-electron chi connectivity index (χ2n) is 5.72. The van der Waals surface area contributed by atoms with E-state index in [4.69, 9.17) is 4.42 Å². The second kappa shape index (κ2) is 6.97. The number of thiazole rings is 1. The zero-order valence-electron chi connectivity index (χ0n) is 13.7. The minimum absolute atomic E-state index is 0.0877. The van der Waals surface area contributed by atoms with Crippen LogP contribution in [0.3, 0.4) is 0 Å². The van der Waals surface area contributed by atoms with Crippen molar-refractivity contribution in [3.05, 3.63) is 75.0 Å². The molecule has 0 saturated heterocycles. The molecule has 0 radical (unpaired) electrons. The fraction of sp³-hybridized carbons (Fsp3) is 0.105. The second-order valence-corrected chi connectivity index (χ2v) is 6.67. The normalized spacial score (nSPS) is 10.9. The van der Waals surface area contributed by atoms with Gasteiger partial charge in [0.05, 0.1) is 16.2 Å². The molecule has 2 heterocycles. The Balaban J connectivity index is 1.41. The summed E-state index contributed by atoms with van der Waals surface area (Å²) in [5.74, 6) is -0.555. The molecule has 0 saturated carbocycles. The lowest BCUT2D eigenvalue weighted by Gasteiger charge is -2.03. The first-order chi connectivity index (χ1) is 12.7. The quantitative estimate of drug-likeness (QED) is 0.568. The third-order valence-electron chi connectivity index (χ3n) is 3.93. The van der Waals surface area contributed by atoms with Crippen LogP contribution in [0, 0.1) is 0 Å². The fourth-order valence-corrected chi connectivity index (χ4v) is 3.44. The van der Waals surface area contributed by atoms with Crippen LogP contribution < -0.4 is 11.1 Å². The minimum Gasteiger partial charge on any atom is -0.408 e. The average molecular weight is 365 g/mol. The monoisotopic (exact) mass is 365 g/mol. The van der Waals surface area contributed by atoms with Crippen molar-refractivity contribution in [2.24, 2.45) is 0 Å². The zero-order valence-corrected chi connectivity index (χ0v) is 14.5. The first kappa shape index (κ1) is 16.3. The Bertz CT molecular complexity index is 1110. The van der Waals surface area contributed by atoms with Gasteiger partial charge in [0, 0.05) is 29.5 Å². The molecule has 0 aliphatic heterocycles. The van der Waals surface area contributed by atoms with Gasteiger partial charge in [-0.15, -0.1) is 11.3 Å². The lowest BCUT2D eigenvalue weighted by atomic mass is 10.1. The average Bonchev–Trinajstić information content (AvgIpc) is 3.27. The van der Waals surface area contributed by atoms with Crippen LogP contribution in [0.4, 0.5) is 0 Å². The lowest BCUT2D eigenvalue weighted by molar-refractivity contribution is 0.0954. The summed E-state index contributed by atoms with van der Waals surface area (Å²) in [6, 6.07) is 14.6. The fourth-order valence-electron chi connectivity index (χ4n) is 2.64. The zero-order chi connectivity index (χ0) is 17.9. The first-order valence-corrected chi connectivity index (χ1v) is 8.98. The molecule has 0 atom stereocenters. The van der Waals surface area contributed by atoms with E-state index in [0.29, 0.717) is 29.6 Å². The van der Waals surface area contributed by atoms with Gasteiger partial charge in [0.2, 0.25) is 0 Å². The molecule has 7 heteroatoms. The first-order valence-electron chi connectivity index (χ1n) is 8.10. The van der Waals surface area contributed by atoms with E-state index in [2.05, 4.69) is 15.3 Å². The van der Waals surface area contributed by atoms with Crippen molar-refractivity contribution < 1.29 is 9.21 Å². The van der Waals surface area contributed by atoms with Gasteiger partial charge >= 0.3 is 5.76 Å². The number of hydrogen-bond acceptors (Lipinski definition) is 5. The maximum atomic E-state index is 12.0. The summed E-state index contributed by atoms with van der Waals surface area (Å²) in [6.07, 6.45) is 0.657. The van der Waals surface area contributed by atoms with Gasteiger partial charge in [-0.3, -0.25) is 9.78 Å². The van der Waals surface area contributed by atoms with Gasteiger partial charge in [-0.1, -0.05) is 24.3 Å². The van der Waals surface area contributed by atoms with Crippen molar-refractivity contribution in [3.63, 3.8) is 0 Å². The number of nitrogens with one attached hydrogen (secondary N) is 2. The Labute approximate surface area is 152 Å². The molecule has 2 aromatic carbocycles. The predicted molar refractivity (Wildman–Crippen MR) is 100 cm³/mol. The minimum atomic E-state index is -0.467. The molecule has 0 bridgehead atoms. The molecule has 130 valence electrons. The van der Waals surface area contributed by atoms with Crippen molar-refractivity contribution in [2.45, 2.75) is 6.42 Å². The summed E-state index contributed by atoms with van der Waals surface area (Å²) in [6.45, 7) is 0.520. The van der Waals surface area contributed by atoms with Crippen molar-refractivity contribution in [3.8, 4) is 11.3 Å². The van der Waals surface area contributed by atoms with Crippen molar-refractivity contribution in [1.29, 1.82) is 0 Å². The number of nitrogens with zero attached hydrogens (tertiary/aromatic N) is 1. The highest BCUT2D eigenvalue weighted by molar-refractivity contribution is 7.09. The van der Waals surface area contributed by atoms with Crippen molar-refractivity contribution in [2.75, 3.05) is 6.54 Å². The topological polar surface area (TPSA) is 88.0 Å². The van der Waals surface area contributed by atoms with E-state index in [-0.39, 0.29) is 5.91 Å². The molecule has 2 aromatic heterocycles. The van der Waals surface area contributed by atoms with Gasteiger partial charge in [0.25, 0.3) is 5.91 Å². The van der Waals surface area contributed by atoms with Crippen LogP contribution in [0.15, 0.2) is 63.1 Å². The standard InChI is InChI=1S/C19H15N3O3S/c23-18(12-4-2-1-3-5-12)20-9-8-17-21-15(11-26-17)13-6-7-14-16(10-13)25-19(24)22-14/h1-7,10-11H,8-9H2,(H,20,23)(H,22,24). The highest BCUT2D eigenvalue weighted by Crippen LogP contribution is 2.25. The van der Waals surface area contributed by atoms with Crippen molar-refractivity contribution in [1.82, 2.24) is 15.3 Å². The van der Waals surface area contributed by atoms with E-state index >= 15 is 0 Å². The van der Waals surface area contributed by atoms with E-state index in [1.54, 1.807) is 24.3 Å². The number of benzene rings is 2. The van der Waals surface area contributed by atoms with Crippen LogP contribution in [0.25, 0.3) is 22.4 Å².